The summed E-state index contributed by atoms with van der Waals surface area (Å²) in [5.41, 5.74) is 1.00. The van der Waals surface area contributed by atoms with Gasteiger partial charge >= 0.3 is 0 Å². The van der Waals surface area contributed by atoms with E-state index in [4.69, 9.17) is 0 Å². The molecule has 0 bridgehead atoms. The van der Waals surface area contributed by atoms with E-state index in [1.54, 1.807) is 35.6 Å². The Balaban J connectivity index is 2.03. The molecule has 19 heavy (non-hydrogen) atoms. The molecule has 1 aromatic heterocycles. The summed E-state index contributed by atoms with van der Waals surface area (Å²) in [6.07, 6.45) is 1.82. The second-order valence-electron chi connectivity index (χ2n) is 3.98. The van der Waals surface area contributed by atoms with E-state index in [-0.39, 0.29) is 4.90 Å². The Morgan fingerprint density at radius 3 is 2.47 bits per heavy atom. The first-order valence-corrected chi connectivity index (χ1v) is 8.00. The zero-order chi connectivity index (χ0) is 13.9. The first-order chi connectivity index (χ1) is 9.01. The van der Waals surface area contributed by atoms with Gasteiger partial charge in [0, 0.05) is 17.6 Å². The number of anilines is 1. The Morgan fingerprint density at radius 2 is 1.95 bits per heavy atom. The molecule has 0 aliphatic heterocycles. The standard InChI is InChI=1S/C12H15N3O2S2/c1-9-7-14-12(18-9)15-8-10-3-5-11(6-4-10)19(16,17)13-2/h3-7,13H,8H2,1-2H3,(H,14,15). The summed E-state index contributed by atoms with van der Waals surface area (Å²) in [6, 6.07) is 6.77. The number of aromatic nitrogens is 1. The van der Waals surface area contributed by atoms with Gasteiger partial charge in [-0.15, -0.1) is 11.3 Å². The van der Waals surface area contributed by atoms with Gasteiger partial charge in [0.2, 0.25) is 10.0 Å². The van der Waals surface area contributed by atoms with Crippen molar-refractivity contribution in [3.8, 4) is 0 Å². The smallest absolute Gasteiger partial charge is 0.240 e. The average molecular weight is 297 g/mol. The summed E-state index contributed by atoms with van der Waals surface area (Å²) in [5.74, 6) is 0. The van der Waals surface area contributed by atoms with Gasteiger partial charge < -0.3 is 5.32 Å². The molecule has 0 saturated carbocycles. The number of sulfonamides is 1. The third-order valence-corrected chi connectivity index (χ3v) is 4.87. The Kier molecular flexibility index (Phi) is 4.18. The first kappa shape index (κ1) is 14.0. The van der Waals surface area contributed by atoms with Crippen molar-refractivity contribution < 1.29 is 8.42 Å². The summed E-state index contributed by atoms with van der Waals surface area (Å²) >= 11 is 1.59. The van der Waals surface area contributed by atoms with Gasteiger partial charge in [-0.25, -0.2) is 18.1 Å². The molecule has 0 radical (unpaired) electrons. The van der Waals surface area contributed by atoms with Crippen LogP contribution in [0.2, 0.25) is 0 Å². The molecular weight excluding hydrogens is 282 g/mol. The zero-order valence-electron chi connectivity index (χ0n) is 10.7. The molecule has 0 unspecified atom stereocenters. The fourth-order valence-corrected chi connectivity index (χ4v) is 2.91. The second-order valence-corrected chi connectivity index (χ2v) is 7.10. The molecular formula is C12H15N3O2S2. The lowest BCUT2D eigenvalue weighted by Gasteiger charge is -2.05. The van der Waals surface area contributed by atoms with E-state index >= 15 is 0 Å². The van der Waals surface area contributed by atoms with Crippen LogP contribution >= 0.6 is 11.3 Å². The molecule has 0 atom stereocenters. The molecule has 0 saturated heterocycles. The Morgan fingerprint density at radius 1 is 1.26 bits per heavy atom. The van der Waals surface area contributed by atoms with Gasteiger partial charge in [0.05, 0.1) is 4.90 Å². The van der Waals surface area contributed by atoms with Crippen molar-refractivity contribution in [2.24, 2.45) is 0 Å². The predicted molar refractivity (Wildman–Crippen MR) is 76.9 cm³/mol. The molecule has 0 aliphatic rings. The van der Waals surface area contributed by atoms with Crippen LogP contribution in [0.1, 0.15) is 10.4 Å². The minimum absolute atomic E-state index is 0.267. The Bertz CT molecular complexity index is 648. The van der Waals surface area contributed by atoms with E-state index in [2.05, 4.69) is 15.0 Å². The number of benzene rings is 1. The maximum absolute atomic E-state index is 11.6. The maximum Gasteiger partial charge on any atom is 0.240 e. The second kappa shape index (κ2) is 5.68. The lowest BCUT2D eigenvalue weighted by atomic mass is 10.2. The number of thiazole rings is 1. The van der Waals surface area contributed by atoms with E-state index in [0.29, 0.717) is 6.54 Å². The molecule has 1 heterocycles. The zero-order valence-corrected chi connectivity index (χ0v) is 12.3. The SMILES string of the molecule is CNS(=O)(=O)c1ccc(CNc2ncc(C)s2)cc1. The molecule has 102 valence electrons. The van der Waals surface area contributed by atoms with Crippen molar-refractivity contribution in [2.75, 3.05) is 12.4 Å². The van der Waals surface area contributed by atoms with Crippen molar-refractivity contribution in [3.05, 3.63) is 40.9 Å². The normalized spacial score (nSPS) is 11.5. The fourth-order valence-electron chi connectivity index (χ4n) is 1.52. The number of rotatable bonds is 5. The van der Waals surface area contributed by atoms with Gasteiger partial charge in [-0.3, -0.25) is 0 Å². The van der Waals surface area contributed by atoms with Gasteiger partial charge in [0.25, 0.3) is 0 Å². The summed E-state index contributed by atoms with van der Waals surface area (Å²) in [6.45, 7) is 2.62. The van der Waals surface area contributed by atoms with Crippen LogP contribution in [0.3, 0.4) is 0 Å². The van der Waals surface area contributed by atoms with Crippen molar-refractivity contribution in [1.29, 1.82) is 0 Å². The van der Waals surface area contributed by atoms with Crippen LogP contribution in [0, 0.1) is 6.92 Å². The highest BCUT2D eigenvalue weighted by atomic mass is 32.2. The van der Waals surface area contributed by atoms with Crippen LogP contribution in [0.15, 0.2) is 35.4 Å². The lowest BCUT2D eigenvalue weighted by Crippen LogP contribution is -2.18. The molecule has 2 rings (SSSR count). The Labute approximate surface area is 116 Å². The maximum atomic E-state index is 11.6. The number of nitrogens with zero attached hydrogens (tertiary/aromatic N) is 1. The van der Waals surface area contributed by atoms with Crippen LogP contribution in [-0.2, 0) is 16.6 Å². The third kappa shape index (κ3) is 3.52. The van der Waals surface area contributed by atoms with Crippen LogP contribution in [0.25, 0.3) is 0 Å². The van der Waals surface area contributed by atoms with Crippen LogP contribution < -0.4 is 10.0 Å². The average Bonchev–Trinajstić information content (AvgIpc) is 2.83. The minimum atomic E-state index is -3.36. The molecule has 0 amide bonds. The number of hydrogen-bond acceptors (Lipinski definition) is 5. The van der Waals surface area contributed by atoms with Crippen LogP contribution in [0.4, 0.5) is 5.13 Å². The van der Waals surface area contributed by atoms with E-state index < -0.39 is 10.0 Å². The largest absolute Gasteiger partial charge is 0.357 e. The monoisotopic (exact) mass is 297 g/mol. The number of hydrogen-bond donors (Lipinski definition) is 2. The van der Waals surface area contributed by atoms with Crippen molar-refractivity contribution >= 4 is 26.5 Å². The number of aryl methyl sites for hydroxylation is 1. The van der Waals surface area contributed by atoms with Crippen molar-refractivity contribution in [2.45, 2.75) is 18.4 Å². The topological polar surface area (TPSA) is 71.1 Å². The first-order valence-electron chi connectivity index (χ1n) is 5.70. The molecule has 7 heteroatoms. The quantitative estimate of drug-likeness (QED) is 0.885. The molecule has 0 aliphatic carbocycles. The Hall–Kier alpha value is -1.44. The van der Waals surface area contributed by atoms with Crippen molar-refractivity contribution in [1.82, 2.24) is 9.71 Å². The predicted octanol–water partition coefficient (Wildman–Crippen LogP) is 1.97. The molecule has 0 spiro atoms. The van der Waals surface area contributed by atoms with Crippen LogP contribution in [0.5, 0.6) is 0 Å². The highest BCUT2D eigenvalue weighted by molar-refractivity contribution is 7.89. The summed E-state index contributed by atoms with van der Waals surface area (Å²) < 4.78 is 25.4. The summed E-state index contributed by atoms with van der Waals surface area (Å²) in [4.78, 5) is 5.62. The minimum Gasteiger partial charge on any atom is -0.357 e. The number of nitrogens with one attached hydrogen (secondary N) is 2. The van der Waals surface area contributed by atoms with E-state index in [1.165, 1.54) is 7.05 Å². The van der Waals surface area contributed by atoms with Crippen LogP contribution in [-0.4, -0.2) is 20.4 Å². The molecule has 5 nitrogen and oxygen atoms in total. The molecule has 1 aromatic carbocycles. The third-order valence-electron chi connectivity index (χ3n) is 2.57. The summed E-state index contributed by atoms with van der Waals surface area (Å²) in [5, 5.41) is 4.06. The van der Waals surface area contributed by atoms with E-state index in [9.17, 15) is 8.42 Å². The lowest BCUT2D eigenvalue weighted by molar-refractivity contribution is 0.588. The van der Waals surface area contributed by atoms with Gasteiger partial charge in [0.15, 0.2) is 5.13 Å². The molecule has 2 aromatic rings. The van der Waals surface area contributed by atoms with Gasteiger partial charge in [-0.2, -0.15) is 0 Å². The highest BCUT2D eigenvalue weighted by Gasteiger charge is 2.10. The van der Waals surface area contributed by atoms with E-state index in [1.807, 2.05) is 13.1 Å². The van der Waals surface area contributed by atoms with E-state index in [0.717, 1.165) is 15.6 Å². The molecule has 0 fully saturated rings. The highest BCUT2D eigenvalue weighted by Crippen LogP contribution is 2.18. The van der Waals surface area contributed by atoms with Gasteiger partial charge in [-0.1, -0.05) is 12.1 Å². The molecule has 2 N–H and O–H groups in total. The van der Waals surface area contributed by atoms with Gasteiger partial charge in [0.1, 0.15) is 0 Å². The van der Waals surface area contributed by atoms with Gasteiger partial charge in [-0.05, 0) is 31.7 Å². The fraction of sp³-hybridized carbons (Fsp3) is 0.250. The van der Waals surface area contributed by atoms with Crippen molar-refractivity contribution in [3.63, 3.8) is 0 Å². The summed E-state index contributed by atoms with van der Waals surface area (Å²) in [7, 11) is -1.96.